The van der Waals surface area contributed by atoms with Crippen molar-refractivity contribution in [3.63, 3.8) is 0 Å². The van der Waals surface area contributed by atoms with Gasteiger partial charge in [-0.2, -0.15) is 0 Å². The number of amides is 4. The number of nitrogens with one attached hydrogen (secondary N) is 5. The monoisotopic (exact) mass is 387 g/mol. The Morgan fingerprint density at radius 1 is 0.556 bits per heavy atom. The first-order valence-electron chi connectivity index (χ1n) is 8.52. The summed E-state index contributed by atoms with van der Waals surface area (Å²) in [4.78, 5) is 58.5. The van der Waals surface area contributed by atoms with E-state index in [1.165, 1.54) is 27.7 Å². The van der Waals surface area contributed by atoms with E-state index < -0.39 is 53.9 Å². The maximum Gasteiger partial charge on any atom is 0.325 e. The van der Waals surface area contributed by atoms with Crippen LogP contribution in [0, 0.1) is 0 Å². The Morgan fingerprint density at radius 2 is 0.815 bits per heavy atom. The molecule has 11 nitrogen and oxygen atoms in total. The fourth-order valence-electron chi connectivity index (χ4n) is 1.74. The van der Waals surface area contributed by atoms with Crippen LogP contribution in [0.5, 0.6) is 0 Å². The van der Waals surface area contributed by atoms with Crippen LogP contribution in [0.3, 0.4) is 0 Å². The fraction of sp³-hybridized carbons (Fsp3) is 0.688. The Balaban J connectivity index is 4.55. The Morgan fingerprint density at radius 3 is 1.07 bits per heavy atom. The molecule has 0 saturated heterocycles. The summed E-state index contributed by atoms with van der Waals surface area (Å²) < 4.78 is 0. The molecule has 0 rings (SSSR count). The Labute approximate surface area is 158 Å². The van der Waals surface area contributed by atoms with E-state index in [2.05, 4.69) is 26.6 Å². The van der Waals surface area contributed by atoms with Gasteiger partial charge in [-0.1, -0.05) is 0 Å². The van der Waals surface area contributed by atoms with Crippen molar-refractivity contribution in [2.75, 3.05) is 7.05 Å². The minimum absolute atomic E-state index is 0.366. The highest BCUT2D eigenvalue weighted by atomic mass is 16.4. The molecule has 0 aromatic rings. The summed E-state index contributed by atoms with van der Waals surface area (Å²) in [5, 5.41) is 21.0. The van der Waals surface area contributed by atoms with Gasteiger partial charge in [0.05, 0.1) is 6.04 Å². The molecule has 0 aliphatic rings. The lowest BCUT2D eigenvalue weighted by molar-refractivity contribution is -0.141. The Hall–Kier alpha value is -2.69. The highest BCUT2D eigenvalue weighted by molar-refractivity contribution is 5.94. The van der Waals surface area contributed by atoms with Gasteiger partial charge in [-0.05, 0) is 41.7 Å². The summed E-state index contributed by atoms with van der Waals surface area (Å²) in [5.74, 6) is -3.43. The fourth-order valence-corrected chi connectivity index (χ4v) is 1.74. The summed E-state index contributed by atoms with van der Waals surface area (Å²) in [5.41, 5.74) is 0. The van der Waals surface area contributed by atoms with Gasteiger partial charge in [-0.3, -0.25) is 24.0 Å². The van der Waals surface area contributed by atoms with Crippen LogP contribution in [0.25, 0.3) is 0 Å². The minimum Gasteiger partial charge on any atom is -0.480 e. The molecule has 27 heavy (non-hydrogen) atoms. The summed E-state index contributed by atoms with van der Waals surface area (Å²) in [6.45, 7) is 7.21. The topological polar surface area (TPSA) is 166 Å². The van der Waals surface area contributed by atoms with Gasteiger partial charge in [-0.25, -0.2) is 0 Å². The van der Waals surface area contributed by atoms with Gasteiger partial charge in [0, 0.05) is 0 Å². The molecule has 0 fully saturated rings. The molecule has 0 spiro atoms. The summed E-state index contributed by atoms with van der Waals surface area (Å²) in [6, 6.07) is -4.40. The van der Waals surface area contributed by atoms with Crippen LogP contribution in [-0.2, 0) is 24.0 Å². The summed E-state index contributed by atoms with van der Waals surface area (Å²) >= 11 is 0. The molecule has 11 heteroatoms. The molecule has 0 aromatic heterocycles. The van der Waals surface area contributed by atoms with Crippen LogP contribution in [0.2, 0.25) is 0 Å². The van der Waals surface area contributed by atoms with Gasteiger partial charge >= 0.3 is 5.97 Å². The number of likely N-dealkylation sites (N-methyl/N-ethyl adjacent to an activating group) is 1. The number of rotatable bonds is 10. The third-order valence-corrected chi connectivity index (χ3v) is 3.81. The maximum absolute atomic E-state index is 12.1. The highest BCUT2D eigenvalue weighted by Crippen LogP contribution is 1.92. The largest absolute Gasteiger partial charge is 0.480 e. The van der Waals surface area contributed by atoms with E-state index in [-0.39, 0.29) is 5.91 Å². The predicted octanol–water partition coefficient (Wildman–Crippen LogP) is -2.30. The van der Waals surface area contributed by atoms with Gasteiger partial charge in [-0.15, -0.1) is 0 Å². The molecule has 0 aliphatic heterocycles. The number of carboxylic acids is 1. The quantitative estimate of drug-likeness (QED) is 0.245. The molecule has 6 N–H and O–H groups in total. The lowest BCUT2D eigenvalue weighted by atomic mass is 10.2. The zero-order chi connectivity index (χ0) is 21.3. The van der Waals surface area contributed by atoms with Crippen molar-refractivity contribution in [2.45, 2.75) is 64.8 Å². The number of carbonyl (C=O) groups excluding carboxylic acids is 4. The number of carboxylic acid groups (broad SMARTS) is 1. The van der Waals surface area contributed by atoms with E-state index in [0.717, 1.165) is 0 Å². The van der Waals surface area contributed by atoms with Crippen molar-refractivity contribution in [1.82, 2.24) is 26.6 Å². The van der Waals surface area contributed by atoms with E-state index in [4.69, 9.17) is 5.11 Å². The lowest BCUT2D eigenvalue weighted by Crippen LogP contribution is -2.56. The van der Waals surface area contributed by atoms with Crippen molar-refractivity contribution in [1.29, 1.82) is 0 Å². The van der Waals surface area contributed by atoms with E-state index in [1.807, 2.05) is 0 Å². The van der Waals surface area contributed by atoms with Gasteiger partial charge in [0.25, 0.3) is 0 Å². The molecule has 0 heterocycles. The molecular formula is C16H29N5O6. The van der Waals surface area contributed by atoms with Crippen molar-refractivity contribution in [3.8, 4) is 0 Å². The van der Waals surface area contributed by atoms with Gasteiger partial charge in [0.1, 0.15) is 24.2 Å². The van der Waals surface area contributed by atoms with Crippen molar-refractivity contribution in [2.24, 2.45) is 0 Å². The molecule has 4 amide bonds. The predicted molar refractivity (Wildman–Crippen MR) is 96.6 cm³/mol. The second-order valence-electron chi connectivity index (χ2n) is 6.27. The molecule has 0 radical (unpaired) electrons. The molecular weight excluding hydrogens is 358 g/mol. The number of hydrogen-bond acceptors (Lipinski definition) is 6. The highest BCUT2D eigenvalue weighted by Gasteiger charge is 2.25. The number of aliphatic carboxylic acids is 1. The van der Waals surface area contributed by atoms with E-state index in [1.54, 1.807) is 14.0 Å². The first kappa shape index (κ1) is 24.3. The first-order valence-corrected chi connectivity index (χ1v) is 8.52. The van der Waals surface area contributed by atoms with Crippen LogP contribution >= 0.6 is 0 Å². The van der Waals surface area contributed by atoms with Crippen molar-refractivity contribution in [3.05, 3.63) is 0 Å². The molecule has 0 aliphatic carbocycles. The molecule has 154 valence electrons. The third-order valence-electron chi connectivity index (χ3n) is 3.81. The van der Waals surface area contributed by atoms with E-state index in [9.17, 15) is 24.0 Å². The minimum atomic E-state index is -1.20. The Kier molecular flexibility index (Phi) is 10.0. The Bertz CT molecular complexity index is 582. The normalized spacial score (nSPS) is 16.1. The zero-order valence-electron chi connectivity index (χ0n) is 16.4. The second kappa shape index (κ2) is 11.1. The smallest absolute Gasteiger partial charge is 0.325 e. The average molecular weight is 387 g/mol. The maximum atomic E-state index is 12.1. The standard InChI is InChI=1S/C16H29N5O6/c1-7(17-6)12(22)18-8(2)13(23)19-9(3)14(24)20-10(4)15(25)21-11(5)16(26)27/h7-11,17H,1-6H3,(H,18,22)(H,19,23)(H,20,24)(H,21,25)(H,26,27)/t7-,8-,9-,10-,11-/m0/s1. The van der Waals surface area contributed by atoms with Crippen LogP contribution in [0.4, 0.5) is 0 Å². The average Bonchev–Trinajstić information content (AvgIpc) is 2.59. The summed E-state index contributed by atoms with van der Waals surface area (Å²) in [7, 11) is 1.61. The van der Waals surface area contributed by atoms with Gasteiger partial charge < -0.3 is 31.7 Å². The summed E-state index contributed by atoms with van der Waals surface area (Å²) in [6.07, 6.45) is 0. The van der Waals surface area contributed by atoms with Gasteiger partial charge in [0.2, 0.25) is 23.6 Å². The molecule has 0 bridgehead atoms. The molecule has 0 saturated carbocycles. The first-order chi connectivity index (χ1) is 12.4. The molecule has 5 atom stereocenters. The lowest BCUT2D eigenvalue weighted by Gasteiger charge is -2.21. The van der Waals surface area contributed by atoms with Gasteiger partial charge in [0.15, 0.2) is 0 Å². The van der Waals surface area contributed by atoms with Crippen LogP contribution < -0.4 is 26.6 Å². The third kappa shape index (κ3) is 8.49. The van der Waals surface area contributed by atoms with Crippen molar-refractivity contribution >= 4 is 29.6 Å². The van der Waals surface area contributed by atoms with E-state index >= 15 is 0 Å². The number of carbonyl (C=O) groups is 5. The zero-order valence-corrected chi connectivity index (χ0v) is 16.4. The second-order valence-corrected chi connectivity index (χ2v) is 6.27. The SMILES string of the molecule is CN[C@@H](C)C(=O)N[C@@H](C)C(=O)N[C@@H](C)C(=O)N[C@@H](C)C(=O)N[C@@H](C)C(=O)O. The van der Waals surface area contributed by atoms with E-state index in [0.29, 0.717) is 0 Å². The molecule has 0 aromatic carbocycles. The van der Waals surface area contributed by atoms with Crippen molar-refractivity contribution < 1.29 is 29.1 Å². The number of hydrogen-bond donors (Lipinski definition) is 6. The van der Waals surface area contributed by atoms with Crippen LogP contribution in [0.1, 0.15) is 34.6 Å². The van der Waals surface area contributed by atoms with Crippen LogP contribution in [-0.4, -0.2) is 72.0 Å². The molecule has 0 unspecified atom stereocenters. The van der Waals surface area contributed by atoms with Crippen LogP contribution in [0.15, 0.2) is 0 Å².